The van der Waals surface area contributed by atoms with Crippen molar-refractivity contribution in [3.63, 3.8) is 0 Å². The third kappa shape index (κ3) is 2.98. The van der Waals surface area contributed by atoms with Crippen LogP contribution in [0.5, 0.6) is 5.75 Å². The Labute approximate surface area is 98.9 Å². The quantitative estimate of drug-likeness (QED) is 0.557. The minimum atomic E-state index is -0.210. The number of benzene rings is 2. The van der Waals surface area contributed by atoms with Crippen LogP contribution in [0.1, 0.15) is 10.4 Å². The molecule has 0 heterocycles. The van der Waals surface area contributed by atoms with Gasteiger partial charge in [0.1, 0.15) is 5.75 Å². The molecule has 0 aliphatic rings. The Morgan fingerprint density at radius 1 is 0.941 bits per heavy atom. The Bertz CT molecular complexity index is 495. The third-order valence-corrected chi connectivity index (χ3v) is 2.22. The van der Waals surface area contributed by atoms with Crippen molar-refractivity contribution in [3.05, 3.63) is 60.2 Å². The van der Waals surface area contributed by atoms with Crippen LogP contribution in [0, 0.1) is 0 Å². The lowest BCUT2D eigenvalue weighted by Crippen LogP contribution is -2.29. The SMILES string of the molecule is O=C(NNc1ccc(O)cc1)c1ccccc1. The van der Waals surface area contributed by atoms with E-state index in [-0.39, 0.29) is 11.7 Å². The summed E-state index contributed by atoms with van der Waals surface area (Å²) in [7, 11) is 0. The van der Waals surface area contributed by atoms with Gasteiger partial charge in [0.25, 0.3) is 5.91 Å². The number of rotatable bonds is 3. The molecule has 2 rings (SSSR count). The molecule has 17 heavy (non-hydrogen) atoms. The van der Waals surface area contributed by atoms with Gasteiger partial charge in [-0.15, -0.1) is 0 Å². The second-order valence-corrected chi connectivity index (χ2v) is 3.49. The molecule has 3 N–H and O–H groups in total. The molecule has 0 saturated heterocycles. The van der Waals surface area contributed by atoms with E-state index in [9.17, 15) is 4.79 Å². The van der Waals surface area contributed by atoms with Crippen LogP contribution in [-0.4, -0.2) is 11.0 Å². The average molecular weight is 228 g/mol. The van der Waals surface area contributed by atoms with E-state index in [2.05, 4.69) is 10.9 Å². The van der Waals surface area contributed by atoms with Crippen LogP contribution in [0.3, 0.4) is 0 Å². The molecule has 0 bridgehead atoms. The molecule has 0 atom stereocenters. The Hall–Kier alpha value is -2.49. The van der Waals surface area contributed by atoms with E-state index in [1.165, 1.54) is 12.1 Å². The number of carbonyl (C=O) groups is 1. The van der Waals surface area contributed by atoms with Gasteiger partial charge in [-0.3, -0.25) is 15.6 Å². The first kappa shape index (κ1) is 11.0. The largest absolute Gasteiger partial charge is 0.508 e. The van der Waals surface area contributed by atoms with Crippen LogP contribution in [0.15, 0.2) is 54.6 Å². The summed E-state index contributed by atoms with van der Waals surface area (Å²) >= 11 is 0. The first-order valence-electron chi connectivity index (χ1n) is 5.16. The smallest absolute Gasteiger partial charge is 0.269 e. The molecule has 86 valence electrons. The number of hydrogen-bond donors (Lipinski definition) is 3. The number of aromatic hydroxyl groups is 1. The van der Waals surface area contributed by atoms with E-state index in [1.807, 2.05) is 6.07 Å². The third-order valence-electron chi connectivity index (χ3n) is 2.22. The standard InChI is InChI=1S/C13H12N2O2/c16-12-8-6-11(7-9-12)14-15-13(17)10-4-2-1-3-5-10/h1-9,14,16H,(H,15,17). The predicted octanol–water partition coefficient (Wildman–Crippen LogP) is 2.15. The first-order valence-corrected chi connectivity index (χ1v) is 5.16. The first-order chi connectivity index (χ1) is 8.25. The number of nitrogens with one attached hydrogen (secondary N) is 2. The second kappa shape index (κ2) is 5.03. The van der Waals surface area contributed by atoms with Crippen molar-refractivity contribution in [1.82, 2.24) is 5.43 Å². The Morgan fingerprint density at radius 2 is 1.59 bits per heavy atom. The summed E-state index contributed by atoms with van der Waals surface area (Å²) in [6, 6.07) is 15.3. The van der Waals surface area contributed by atoms with Crippen LogP contribution in [0.4, 0.5) is 5.69 Å². The van der Waals surface area contributed by atoms with Gasteiger partial charge in [-0.05, 0) is 36.4 Å². The van der Waals surface area contributed by atoms with Crippen molar-refractivity contribution in [1.29, 1.82) is 0 Å². The fourth-order valence-electron chi connectivity index (χ4n) is 1.34. The molecular weight excluding hydrogens is 216 g/mol. The molecule has 0 aromatic heterocycles. The van der Waals surface area contributed by atoms with E-state index >= 15 is 0 Å². The monoisotopic (exact) mass is 228 g/mol. The van der Waals surface area contributed by atoms with Crippen LogP contribution < -0.4 is 10.9 Å². The number of carbonyl (C=O) groups excluding carboxylic acids is 1. The zero-order chi connectivity index (χ0) is 12.1. The minimum absolute atomic E-state index is 0.185. The minimum Gasteiger partial charge on any atom is -0.508 e. The molecule has 0 spiro atoms. The van der Waals surface area contributed by atoms with Gasteiger partial charge in [-0.2, -0.15) is 0 Å². The molecule has 4 heteroatoms. The second-order valence-electron chi connectivity index (χ2n) is 3.49. The highest BCUT2D eigenvalue weighted by Gasteiger charge is 2.02. The summed E-state index contributed by atoms with van der Waals surface area (Å²) < 4.78 is 0. The summed E-state index contributed by atoms with van der Waals surface area (Å²) in [5, 5.41) is 9.10. The molecule has 2 aromatic carbocycles. The molecule has 0 fully saturated rings. The van der Waals surface area contributed by atoms with E-state index in [4.69, 9.17) is 5.11 Å². The number of hydrazine groups is 1. The normalized spacial score (nSPS) is 9.65. The van der Waals surface area contributed by atoms with Gasteiger partial charge < -0.3 is 5.11 Å². The van der Waals surface area contributed by atoms with E-state index in [0.29, 0.717) is 11.3 Å². The van der Waals surface area contributed by atoms with Crippen molar-refractivity contribution in [3.8, 4) is 5.75 Å². The number of anilines is 1. The van der Waals surface area contributed by atoms with E-state index in [1.54, 1.807) is 36.4 Å². The Kier molecular flexibility index (Phi) is 3.25. The topological polar surface area (TPSA) is 61.4 Å². The maximum Gasteiger partial charge on any atom is 0.269 e. The molecule has 0 unspecified atom stereocenters. The average Bonchev–Trinajstić information content (AvgIpc) is 2.39. The molecule has 0 saturated carbocycles. The van der Waals surface area contributed by atoms with Gasteiger partial charge in [0.15, 0.2) is 0 Å². The molecule has 0 radical (unpaired) electrons. The predicted molar refractivity (Wildman–Crippen MR) is 65.6 cm³/mol. The molecule has 1 amide bonds. The van der Waals surface area contributed by atoms with Crippen molar-refractivity contribution in [2.75, 3.05) is 5.43 Å². The van der Waals surface area contributed by atoms with E-state index in [0.717, 1.165) is 0 Å². The number of hydrogen-bond acceptors (Lipinski definition) is 3. The van der Waals surface area contributed by atoms with Gasteiger partial charge in [-0.1, -0.05) is 18.2 Å². The zero-order valence-electron chi connectivity index (χ0n) is 9.05. The fraction of sp³-hybridized carbons (Fsp3) is 0. The van der Waals surface area contributed by atoms with Gasteiger partial charge in [0, 0.05) is 5.56 Å². The molecule has 0 aliphatic carbocycles. The van der Waals surface area contributed by atoms with Gasteiger partial charge in [0.05, 0.1) is 5.69 Å². The molecule has 0 aliphatic heterocycles. The number of phenols is 1. The highest BCUT2D eigenvalue weighted by atomic mass is 16.3. The van der Waals surface area contributed by atoms with Gasteiger partial charge in [0.2, 0.25) is 0 Å². The Morgan fingerprint density at radius 3 is 2.24 bits per heavy atom. The molecule has 2 aromatic rings. The summed E-state index contributed by atoms with van der Waals surface area (Å²) in [6.07, 6.45) is 0. The maximum atomic E-state index is 11.7. The van der Waals surface area contributed by atoms with Crippen LogP contribution in [-0.2, 0) is 0 Å². The molecule has 4 nitrogen and oxygen atoms in total. The number of phenolic OH excluding ortho intramolecular Hbond substituents is 1. The number of amides is 1. The van der Waals surface area contributed by atoms with Crippen molar-refractivity contribution >= 4 is 11.6 Å². The highest BCUT2D eigenvalue weighted by Crippen LogP contribution is 2.12. The highest BCUT2D eigenvalue weighted by molar-refractivity contribution is 5.94. The van der Waals surface area contributed by atoms with Gasteiger partial charge in [-0.25, -0.2) is 0 Å². The van der Waals surface area contributed by atoms with Gasteiger partial charge >= 0.3 is 0 Å². The van der Waals surface area contributed by atoms with Crippen LogP contribution >= 0.6 is 0 Å². The fourth-order valence-corrected chi connectivity index (χ4v) is 1.34. The lowest BCUT2D eigenvalue weighted by molar-refractivity contribution is 0.0962. The maximum absolute atomic E-state index is 11.7. The molecular formula is C13H12N2O2. The van der Waals surface area contributed by atoms with Crippen LogP contribution in [0.2, 0.25) is 0 Å². The summed E-state index contributed by atoms with van der Waals surface area (Å²) in [4.78, 5) is 11.7. The summed E-state index contributed by atoms with van der Waals surface area (Å²) in [5.74, 6) is -0.0244. The Balaban J connectivity index is 1.95. The zero-order valence-corrected chi connectivity index (χ0v) is 9.05. The van der Waals surface area contributed by atoms with Crippen molar-refractivity contribution < 1.29 is 9.90 Å². The van der Waals surface area contributed by atoms with Crippen molar-refractivity contribution in [2.24, 2.45) is 0 Å². The lowest BCUT2D eigenvalue weighted by Gasteiger charge is -2.08. The van der Waals surface area contributed by atoms with Crippen molar-refractivity contribution in [2.45, 2.75) is 0 Å². The van der Waals surface area contributed by atoms with Crippen LogP contribution in [0.25, 0.3) is 0 Å². The lowest BCUT2D eigenvalue weighted by atomic mass is 10.2. The summed E-state index contributed by atoms with van der Waals surface area (Å²) in [6.45, 7) is 0. The summed E-state index contributed by atoms with van der Waals surface area (Å²) in [5.41, 5.74) is 6.61. The van der Waals surface area contributed by atoms with E-state index < -0.39 is 0 Å².